The van der Waals surface area contributed by atoms with Crippen LogP contribution in [0.5, 0.6) is 0 Å². The first kappa shape index (κ1) is 24.9. The van der Waals surface area contributed by atoms with Gasteiger partial charge in [-0.15, -0.1) is 12.4 Å². The fourth-order valence-corrected chi connectivity index (χ4v) is 4.03. The molecule has 0 saturated carbocycles. The summed E-state index contributed by atoms with van der Waals surface area (Å²) in [7, 11) is 0. The predicted octanol–water partition coefficient (Wildman–Crippen LogP) is 5.29. The van der Waals surface area contributed by atoms with Crippen LogP contribution in [0.15, 0.2) is 36.5 Å². The van der Waals surface area contributed by atoms with Gasteiger partial charge >= 0.3 is 6.18 Å². The summed E-state index contributed by atoms with van der Waals surface area (Å²) in [5.41, 5.74) is 1.50. The zero-order chi connectivity index (χ0) is 22.9. The molecule has 4 rings (SSSR count). The van der Waals surface area contributed by atoms with Crippen LogP contribution in [-0.4, -0.2) is 35.1 Å². The fraction of sp³-hybridized carbons (Fsp3) is 0.391. The van der Waals surface area contributed by atoms with Crippen LogP contribution in [0.25, 0.3) is 5.52 Å². The molecule has 0 aliphatic carbocycles. The van der Waals surface area contributed by atoms with Gasteiger partial charge in [0.1, 0.15) is 5.69 Å². The summed E-state index contributed by atoms with van der Waals surface area (Å²) in [6.45, 7) is 5.26. The molecular weight excluding hydrogens is 457 g/mol. The number of carbonyl (C=O) groups excluding carboxylic acids is 1. The van der Waals surface area contributed by atoms with E-state index in [0.29, 0.717) is 48.4 Å². The third-order valence-electron chi connectivity index (χ3n) is 5.89. The number of nitrogens with zero attached hydrogens (tertiary/aromatic N) is 2. The third-order valence-corrected chi connectivity index (χ3v) is 5.89. The second-order valence-electron chi connectivity index (χ2n) is 8.05. The highest BCUT2D eigenvalue weighted by atomic mass is 35.5. The Hall–Kier alpha value is -2.78. The van der Waals surface area contributed by atoms with E-state index in [1.54, 1.807) is 16.5 Å². The quantitative estimate of drug-likeness (QED) is 0.518. The summed E-state index contributed by atoms with van der Waals surface area (Å²) in [5, 5.41) is 5.99. The van der Waals surface area contributed by atoms with E-state index >= 15 is 0 Å². The highest BCUT2D eigenvalue weighted by molar-refractivity contribution is 5.94. The smallest absolute Gasteiger partial charge is 0.381 e. The molecule has 1 aliphatic heterocycles. The van der Waals surface area contributed by atoms with Crippen molar-refractivity contribution in [2.24, 2.45) is 5.92 Å². The number of fused-ring (bicyclic) bond motifs is 1. The van der Waals surface area contributed by atoms with Crippen LogP contribution in [0, 0.1) is 19.8 Å². The molecule has 0 unspecified atom stereocenters. The van der Waals surface area contributed by atoms with Gasteiger partial charge in [0.25, 0.3) is 5.91 Å². The third kappa shape index (κ3) is 5.25. The lowest BCUT2D eigenvalue weighted by Crippen LogP contribution is -2.33. The average Bonchev–Trinajstić information content (AvgIpc) is 3.16. The minimum Gasteiger partial charge on any atom is -0.381 e. The minimum absolute atomic E-state index is 0. The van der Waals surface area contributed by atoms with Crippen LogP contribution in [0.4, 0.5) is 24.7 Å². The van der Waals surface area contributed by atoms with Crippen molar-refractivity contribution in [2.45, 2.75) is 32.9 Å². The molecule has 0 radical (unpaired) electrons. The topological polar surface area (TPSA) is 67.7 Å². The van der Waals surface area contributed by atoms with Crippen LogP contribution >= 0.6 is 12.4 Å². The summed E-state index contributed by atoms with van der Waals surface area (Å²) in [4.78, 5) is 17.3. The van der Waals surface area contributed by atoms with Gasteiger partial charge in [0, 0.05) is 31.1 Å². The number of carbonyl (C=O) groups is 1. The van der Waals surface area contributed by atoms with Crippen molar-refractivity contribution in [3.05, 3.63) is 59.0 Å². The zero-order valence-corrected chi connectivity index (χ0v) is 19.1. The molecule has 1 aromatic carbocycles. The highest BCUT2D eigenvalue weighted by Crippen LogP contribution is 2.35. The van der Waals surface area contributed by atoms with E-state index in [1.807, 2.05) is 13.0 Å². The average molecular weight is 483 g/mol. The number of aromatic nitrogens is 2. The van der Waals surface area contributed by atoms with Crippen molar-refractivity contribution in [3.8, 4) is 0 Å². The molecule has 0 bridgehead atoms. The molecule has 1 amide bonds. The summed E-state index contributed by atoms with van der Waals surface area (Å²) in [6, 6.07) is 7.63. The molecule has 1 aliphatic rings. The molecule has 0 spiro atoms. The first-order valence-electron chi connectivity index (χ1n) is 10.5. The van der Waals surface area contributed by atoms with E-state index in [4.69, 9.17) is 4.74 Å². The van der Waals surface area contributed by atoms with Crippen molar-refractivity contribution in [3.63, 3.8) is 0 Å². The van der Waals surface area contributed by atoms with Crippen LogP contribution in [0.3, 0.4) is 0 Å². The van der Waals surface area contributed by atoms with Gasteiger partial charge < -0.3 is 19.8 Å². The van der Waals surface area contributed by atoms with E-state index in [2.05, 4.69) is 15.6 Å². The number of hydrogen-bond donors (Lipinski definition) is 2. The van der Waals surface area contributed by atoms with Gasteiger partial charge in [-0.3, -0.25) is 4.79 Å². The number of amides is 1. The molecular formula is C23H26ClF3N4O2. The van der Waals surface area contributed by atoms with Crippen molar-refractivity contribution < 1.29 is 22.7 Å². The Bertz CT molecular complexity index is 1140. The standard InChI is InChI=1S/C23H25F3N4O2.ClH/c1-14-6-7-19-21(29-18-5-3-4-17(15(18)2)23(24,25)26)27-13-20(30(14)19)22(31)28-12-16-8-10-32-11-9-16;/h3-7,13,16H,8-12H2,1-2H3,(H,27,29)(H,28,31);1H. The number of aryl methyl sites for hydroxylation is 1. The lowest BCUT2D eigenvalue weighted by molar-refractivity contribution is -0.138. The van der Waals surface area contributed by atoms with E-state index in [9.17, 15) is 18.0 Å². The number of rotatable bonds is 5. The Labute approximate surface area is 195 Å². The molecule has 1 saturated heterocycles. The summed E-state index contributed by atoms with van der Waals surface area (Å²) >= 11 is 0. The number of benzene rings is 1. The summed E-state index contributed by atoms with van der Waals surface area (Å²) in [6.07, 6.45) is -1.17. The lowest BCUT2D eigenvalue weighted by Gasteiger charge is -2.22. The van der Waals surface area contributed by atoms with E-state index in [-0.39, 0.29) is 23.9 Å². The fourth-order valence-electron chi connectivity index (χ4n) is 4.03. The maximum Gasteiger partial charge on any atom is 0.416 e. The van der Waals surface area contributed by atoms with Gasteiger partial charge in [-0.25, -0.2) is 4.98 Å². The monoisotopic (exact) mass is 482 g/mol. The van der Waals surface area contributed by atoms with Gasteiger partial charge in [0.2, 0.25) is 0 Å². The van der Waals surface area contributed by atoms with Gasteiger partial charge in [-0.2, -0.15) is 13.2 Å². The Morgan fingerprint density at radius 2 is 1.91 bits per heavy atom. The number of alkyl halides is 3. The SMILES string of the molecule is Cc1c(Nc2ncc(C(=O)NCC3CCOCC3)n3c(C)ccc23)cccc1C(F)(F)F.Cl. The second kappa shape index (κ2) is 10.0. The predicted molar refractivity (Wildman–Crippen MR) is 123 cm³/mol. The first-order valence-corrected chi connectivity index (χ1v) is 10.5. The maximum atomic E-state index is 13.3. The molecule has 178 valence electrons. The maximum absolute atomic E-state index is 13.3. The van der Waals surface area contributed by atoms with Gasteiger partial charge in [0.15, 0.2) is 5.82 Å². The summed E-state index contributed by atoms with van der Waals surface area (Å²) < 4.78 is 46.9. The Morgan fingerprint density at radius 1 is 1.18 bits per heavy atom. The largest absolute Gasteiger partial charge is 0.416 e. The van der Waals surface area contributed by atoms with Crippen molar-refractivity contribution in [1.29, 1.82) is 0 Å². The molecule has 0 atom stereocenters. The highest BCUT2D eigenvalue weighted by Gasteiger charge is 2.33. The van der Waals surface area contributed by atoms with Crippen molar-refractivity contribution in [2.75, 3.05) is 25.1 Å². The number of nitrogens with one attached hydrogen (secondary N) is 2. The minimum atomic E-state index is -4.44. The van der Waals surface area contributed by atoms with Crippen LogP contribution in [0.2, 0.25) is 0 Å². The Balaban J connectivity index is 0.00000306. The van der Waals surface area contributed by atoms with Gasteiger partial charge in [-0.1, -0.05) is 6.07 Å². The summed E-state index contributed by atoms with van der Waals surface area (Å²) in [5.74, 6) is 0.517. The normalized spacial score (nSPS) is 14.7. The van der Waals surface area contributed by atoms with E-state index < -0.39 is 11.7 Å². The molecule has 2 aromatic heterocycles. The number of ether oxygens (including phenoxy) is 1. The zero-order valence-electron chi connectivity index (χ0n) is 18.3. The first-order chi connectivity index (χ1) is 15.3. The van der Waals surface area contributed by atoms with Crippen LogP contribution in [-0.2, 0) is 10.9 Å². The van der Waals surface area contributed by atoms with Crippen molar-refractivity contribution in [1.82, 2.24) is 14.7 Å². The molecule has 3 heterocycles. The molecule has 2 N–H and O–H groups in total. The number of halogens is 4. The molecule has 1 fully saturated rings. The van der Waals surface area contributed by atoms with E-state index in [1.165, 1.54) is 19.2 Å². The number of hydrogen-bond acceptors (Lipinski definition) is 4. The Morgan fingerprint density at radius 3 is 2.61 bits per heavy atom. The van der Waals surface area contributed by atoms with Crippen LogP contribution < -0.4 is 10.6 Å². The number of anilines is 2. The van der Waals surface area contributed by atoms with E-state index in [0.717, 1.165) is 24.6 Å². The molecule has 3 aromatic rings. The van der Waals surface area contributed by atoms with Crippen molar-refractivity contribution >= 4 is 35.3 Å². The van der Waals surface area contributed by atoms with Gasteiger partial charge in [-0.05, 0) is 62.4 Å². The second-order valence-corrected chi connectivity index (χ2v) is 8.05. The Kier molecular flexibility index (Phi) is 7.54. The molecule has 10 heteroatoms. The lowest BCUT2D eigenvalue weighted by atomic mass is 10.0. The molecule has 6 nitrogen and oxygen atoms in total. The molecule has 33 heavy (non-hydrogen) atoms. The van der Waals surface area contributed by atoms with Gasteiger partial charge in [0.05, 0.1) is 17.3 Å². The van der Waals surface area contributed by atoms with Crippen LogP contribution in [0.1, 0.15) is 40.2 Å².